The van der Waals surface area contributed by atoms with E-state index in [1.165, 1.54) is 50.5 Å². The minimum absolute atomic E-state index is 1.01. The van der Waals surface area contributed by atoms with Gasteiger partial charge in [-0.2, -0.15) is 0 Å². The van der Waals surface area contributed by atoms with E-state index in [1.54, 1.807) is 0 Å². The lowest BCUT2D eigenvalue weighted by atomic mass is 9.86. The normalized spacial score (nSPS) is 19.7. The molecule has 0 radical (unpaired) electrons. The molecule has 0 nitrogen and oxygen atoms in total. The molecule has 15 heavy (non-hydrogen) atoms. The quantitative estimate of drug-likeness (QED) is 0.551. The molecular formula is C15H24. The van der Waals surface area contributed by atoms with Gasteiger partial charge in [-0.05, 0) is 25.7 Å². The van der Waals surface area contributed by atoms with Crippen molar-refractivity contribution in [3.8, 4) is 0 Å². The van der Waals surface area contributed by atoms with Crippen LogP contribution in [0.2, 0.25) is 0 Å². The van der Waals surface area contributed by atoms with E-state index in [2.05, 4.69) is 31.7 Å². The van der Waals surface area contributed by atoms with Gasteiger partial charge in [0, 0.05) is 0 Å². The monoisotopic (exact) mass is 204 g/mol. The van der Waals surface area contributed by atoms with Crippen LogP contribution in [0.5, 0.6) is 0 Å². The zero-order valence-electron chi connectivity index (χ0n) is 10.0. The maximum atomic E-state index is 3.69. The van der Waals surface area contributed by atoms with Crippen molar-refractivity contribution < 1.29 is 0 Å². The van der Waals surface area contributed by atoms with Crippen molar-refractivity contribution in [2.45, 2.75) is 51.9 Å². The van der Waals surface area contributed by atoms with Gasteiger partial charge in [-0.25, -0.2) is 0 Å². The molecule has 0 aromatic heterocycles. The molecule has 0 heterocycles. The first-order chi connectivity index (χ1) is 7.33. The lowest BCUT2D eigenvalue weighted by Crippen LogP contribution is -2.05. The van der Waals surface area contributed by atoms with E-state index in [9.17, 15) is 0 Å². The molecule has 1 aliphatic rings. The van der Waals surface area contributed by atoms with Crippen LogP contribution in [0, 0.1) is 5.92 Å². The molecule has 0 unspecified atom stereocenters. The fourth-order valence-corrected chi connectivity index (χ4v) is 2.32. The second-order valence-corrected chi connectivity index (χ2v) is 4.63. The predicted octanol–water partition coefficient (Wildman–Crippen LogP) is 5.04. The van der Waals surface area contributed by atoms with Gasteiger partial charge in [0.25, 0.3) is 0 Å². The molecule has 0 saturated heterocycles. The van der Waals surface area contributed by atoms with Crippen LogP contribution in [0.15, 0.2) is 36.5 Å². The Morgan fingerprint density at radius 2 is 2.00 bits per heavy atom. The fourth-order valence-electron chi connectivity index (χ4n) is 2.32. The number of hydrogen-bond donors (Lipinski definition) is 0. The molecule has 1 saturated carbocycles. The Bertz CT molecular complexity index is 226. The van der Waals surface area contributed by atoms with Gasteiger partial charge in [0.15, 0.2) is 0 Å². The van der Waals surface area contributed by atoms with Crippen molar-refractivity contribution >= 4 is 0 Å². The Balaban J connectivity index is 2.14. The maximum Gasteiger partial charge on any atom is -0.0345 e. The van der Waals surface area contributed by atoms with Gasteiger partial charge in [-0.15, -0.1) is 0 Å². The number of hydrogen-bond acceptors (Lipinski definition) is 0. The first-order valence-corrected chi connectivity index (χ1v) is 6.29. The molecule has 84 valence electrons. The molecule has 0 amide bonds. The third-order valence-corrected chi connectivity index (χ3v) is 3.23. The zero-order valence-corrected chi connectivity index (χ0v) is 10.0. The summed E-state index contributed by atoms with van der Waals surface area (Å²) in [6.45, 7) is 5.82. The van der Waals surface area contributed by atoms with E-state index in [4.69, 9.17) is 0 Å². The van der Waals surface area contributed by atoms with Gasteiger partial charge in [0.05, 0.1) is 0 Å². The van der Waals surface area contributed by atoms with Gasteiger partial charge >= 0.3 is 0 Å². The SMILES string of the molecule is C=C/C=C(C)\C=C/CCC1CCCCC1. The van der Waals surface area contributed by atoms with E-state index >= 15 is 0 Å². The van der Waals surface area contributed by atoms with E-state index < -0.39 is 0 Å². The van der Waals surface area contributed by atoms with Crippen LogP contribution in [0.3, 0.4) is 0 Å². The van der Waals surface area contributed by atoms with Gasteiger partial charge in [0.2, 0.25) is 0 Å². The number of rotatable bonds is 5. The highest BCUT2D eigenvalue weighted by molar-refractivity contribution is 5.20. The molecule has 0 atom stereocenters. The third kappa shape index (κ3) is 5.61. The molecule has 0 spiro atoms. The highest BCUT2D eigenvalue weighted by atomic mass is 14.2. The Morgan fingerprint density at radius 3 is 2.67 bits per heavy atom. The third-order valence-electron chi connectivity index (χ3n) is 3.23. The fraction of sp³-hybridized carbons (Fsp3) is 0.600. The molecule has 0 aromatic rings. The summed E-state index contributed by atoms with van der Waals surface area (Å²) in [7, 11) is 0. The van der Waals surface area contributed by atoms with Crippen LogP contribution < -0.4 is 0 Å². The van der Waals surface area contributed by atoms with Gasteiger partial charge in [0.1, 0.15) is 0 Å². The van der Waals surface area contributed by atoms with Crippen molar-refractivity contribution in [3.05, 3.63) is 36.5 Å². The van der Waals surface area contributed by atoms with Crippen molar-refractivity contribution in [3.63, 3.8) is 0 Å². The van der Waals surface area contributed by atoms with Crippen molar-refractivity contribution in [1.29, 1.82) is 0 Å². The summed E-state index contributed by atoms with van der Waals surface area (Å²) < 4.78 is 0. The van der Waals surface area contributed by atoms with Crippen LogP contribution in [0.25, 0.3) is 0 Å². The molecular weight excluding hydrogens is 180 g/mol. The van der Waals surface area contributed by atoms with Crippen LogP contribution in [-0.2, 0) is 0 Å². The Labute approximate surface area is 94.8 Å². The molecule has 1 fully saturated rings. The molecule has 0 N–H and O–H groups in total. The largest absolute Gasteiger partial charge is 0.0991 e. The van der Waals surface area contributed by atoms with Gasteiger partial charge in [-0.3, -0.25) is 0 Å². The van der Waals surface area contributed by atoms with Gasteiger partial charge in [-0.1, -0.05) is 68.6 Å². The van der Waals surface area contributed by atoms with Crippen molar-refractivity contribution in [1.82, 2.24) is 0 Å². The molecule has 1 aliphatic carbocycles. The van der Waals surface area contributed by atoms with Gasteiger partial charge < -0.3 is 0 Å². The molecule has 0 aromatic carbocycles. The second kappa shape index (κ2) is 7.50. The summed E-state index contributed by atoms with van der Waals surface area (Å²) in [6, 6.07) is 0. The Kier molecular flexibility index (Phi) is 6.15. The zero-order chi connectivity index (χ0) is 10.9. The Hall–Kier alpha value is -0.780. The summed E-state index contributed by atoms with van der Waals surface area (Å²) >= 11 is 0. The van der Waals surface area contributed by atoms with E-state index in [1.807, 2.05) is 6.08 Å². The Morgan fingerprint density at radius 1 is 1.27 bits per heavy atom. The lowest BCUT2D eigenvalue weighted by molar-refractivity contribution is 0.341. The summed E-state index contributed by atoms with van der Waals surface area (Å²) in [5, 5.41) is 0. The number of allylic oxidation sites excluding steroid dienone is 5. The highest BCUT2D eigenvalue weighted by Gasteiger charge is 2.11. The maximum absolute atomic E-state index is 3.69. The summed E-state index contributed by atoms with van der Waals surface area (Å²) in [5.41, 5.74) is 1.30. The smallest absolute Gasteiger partial charge is 0.0345 e. The lowest BCUT2D eigenvalue weighted by Gasteiger charge is -2.20. The minimum Gasteiger partial charge on any atom is -0.0991 e. The predicted molar refractivity (Wildman–Crippen MR) is 68.9 cm³/mol. The van der Waals surface area contributed by atoms with Crippen LogP contribution in [0.1, 0.15) is 51.9 Å². The summed E-state index contributed by atoms with van der Waals surface area (Å²) in [4.78, 5) is 0. The molecule has 0 bridgehead atoms. The second-order valence-electron chi connectivity index (χ2n) is 4.63. The molecule has 1 rings (SSSR count). The average molecular weight is 204 g/mol. The topological polar surface area (TPSA) is 0 Å². The van der Waals surface area contributed by atoms with Crippen molar-refractivity contribution in [2.75, 3.05) is 0 Å². The minimum atomic E-state index is 1.01. The van der Waals surface area contributed by atoms with E-state index in [0.29, 0.717) is 0 Å². The summed E-state index contributed by atoms with van der Waals surface area (Å²) in [6.07, 6.45) is 18.4. The van der Waals surface area contributed by atoms with E-state index in [0.717, 1.165) is 5.92 Å². The van der Waals surface area contributed by atoms with Crippen LogP contribution in [-0.4, -0.2) is 0 Å². The van der Waals surface area contributed by atoms with Crippen LogP contribution >= 0.6 is 0 Å². The highest BCUT2D eigenvalue weighted by Crippen LogP contribution is 2.27. The van der Waals surface area contributed by atoms with E-state index in [-0.39, 0.29) is 0 Å². The molecule has 0 heteroatoms. The first-order valence-electron chi connectivity index (χ1n) is 6.29. The summed E-state index contributed by atoms with van der Waals surface area (Å²) in [5.74, 6) is 1.01. The standard InChI is InChI=1S/C15H24/c1-3-9-14(2)10-7-8-13-15-11-5-4-6-12-15/h3,7,9-10,15H,1,4-6,8,11-13H2,2H3/b10-7-,14-9-. The molecule has 0 aliphatic heterocycles. The first kappa shape index (κ1) is 12.3. The average Bonchev–Trinajstić information content (AvgIpc) is 2.26. The van der Waals surface area contributed by atoms with Crippen molar-refractivity contribution in [2.24, 2.45) is 5.92 Å². The van der Waals surface area contributed by atoms with Crippen LogP contribution in [0.4, 0.5) is 0 Å².